The average molecular weight is 280 g/mol. The van der Waals surface area contributed by atoms with E-state index in [0.29, 0.717) is 18.3 Å². The van der Waals surface area contributed by atoms with Crippen molar-refractivity contribution in [3.05, 3.63) is 0 Å². The molecule has 0 aromatic heterocycles. The Labute approximate surface area is 124 Å². The summed E-state index contributed by atoms with van der Waals surface area (Å²) < 4.78 is 6.67. The van der Waals surface area contributed by atoms with Crippen LogP contribution in [0.1, 0.15) is 77.0 Å². The third kappa shape index (κ3) is 3.53. The maximum atomic E-state index is 6.67. The SMILES string of the molecule is SC1CCCCCCC1OB1C2CCCC1CCC2. The molecule has 2 unspecified atom stereocenters. The molecular weight excluding hydrogens is 251 g/mol. The first kappa shape index (κ1) is 14.3. The number of fused-ring (bicyclic) bond motifs is 2. The third-order valence-electron chi connectivity index (χ3n) is 5.73. The highest BCUT2D eigenvalue weighted by atomic mass is 32.1. The maximum Gasteiger partial charge on any atom is 0.299 e. The molecule has 19 heavy (non-hydrogen) atoms. The summed E-state index contributed by atoms with van der Waals surface area (Å²) in [6.07, 6.45) is 17.0. The van der Waals surface area contributed by atoms with Gasteiger partial charge in [0.1, 0.15) is 0 Å². The Hall–Kier alpha value is 0.375. The molecule has 3 heteroatoms. The molecule has 1 aliphatic carbocycles. The molecule has 0 N–H and O–H groups in total. The van der Waals surface area contributed by atoms with E-state index >= 15 is 0 Å². The predicted molar refractivity (Wildman–Crippen MR) is 86.3 cm³/mol. The summed E-state index contributed by atoms with van der Waals surface area (Å²) in [6, 6.07) is 0. The van der Waals surface area contributed by atoms with Gasteiger partial charge in [0.15, 0.2) is 0 Å². The first-order valence-corrected chi connectivity index (χ1v) is 9.20. The molecule has 0 aromatic rings. The fourth-order valence-electron chi connectivity index (χ4n) is 4.63. The van der Waals surface area contributed by atoms with Crippen molar-refractivity contribution >= 4 is 19.5 Å². The normalized spacial score (nSPS) is 40.6. The molecule has 2 saturated heterocycles. The molecule has 1 saturated carbocycles. The summed E-state index contributed by atoms with van der Waals surface area (Å²) in [5.41, 5.74) is 0. The van der Waals surface area contributed by atoms with Crippen molar-refractivity contribution in [2.45, 2.75) is 100 Å². The van der Waals surface area contributed by atoms with Crippen molar-refractivity contribution in [1.29, 1.82) is 0 Å². The summed E-state index contributed by atoms with van der Waals surface area (Å²) in [7, 11) is 0. The Bertz CT molecular complexity index is 264. The minimum atomic E-state index is 0.440. The smallest absolute Gasteiger partial charge is 0.299 e. The van der Waals surface area contributed by atoms with Gasteiger partial charge in [0, 0.05) is 5.25 Å². The molecule has 3 rings (SSSR count). The standard InChI is InChI=1S/C16H29BOS/c19-16-12-4-2-1-3-11-15(16)18-17-13-7-5-8-14(17)10-6-9-13/h13-16,19H,1-12H2. The Morgan fingerprint density at radius 3 is 1.89 bits per heavy atom. The van der Waals surface area contributed by atoms with E-state index in [0.717, 1.165) is 11.6 Å². The lowest BCUT2D eigenvalue weighted by Crippen LogP contribution is -2.42. The van der Waals surface area contributed by atoms with Crippen LogP contribution in [0.15, 0.2) is 0 Å². The first-order valence-electron chi connectivity index (χ1n) is 8.68. The lowest BCUT2D eigenvalue weighted by Gasteiger charge is -2.42. The molecule has 0 amide bonds. The van der Waals surface area contributed by atoms with E-state index in [1.54, 1.807) is 0 Å². The zero-order valence-corrected chi connectivity index (χ0v) is 13.1. The van der Waals surface area contributed by atoms with Gasteiger partial charge in [0.2, 0.25) is 0 Å². The summed E-state index contributed by atoms with van der Waals surface area (Å²) in [5.74, 6) is 1.75. The van der Waals surface area contributed by atoms with Crippen molar-refractivity contribution in [3.8, 4) is 0 Å². The van der Waals surface area contributed by atoms with Crippen LogP contribution in [-0.2, 0) is 4.65 Å². The maximum absolute atomic E-state index is 6.67. The fraction of sp³-hybridized carbons (Fsp3) is 1.00. The Kier molecular flexibility index (Phi) is 5.19. The summed E-state index contributed by atoms with van der Waals surface area (Å²) >= 11 is 4.85. The van der Waals surface area contributed by atoms with Gasteiger partial charge in [0.05, 0.1) is 6.10 Å². The Morgan fingerprint density at radius 1 is 0.684 bits per heavy atom. The second-order valence-corrected chi connectivity index (χ2v) is 7.74. The van der Waals surface area contributed by atoms with Crippen molar-refractivity contribution in [2.75, 3.05) is 0 Å². The summed E-state index contributed by atoms with van der Waals surface area (Å²) in [6.45, 7) is 0.585. The largest absolute Gasteiger partial charge is 0.432 e. The zero-order chi connectivity index (χ0) is 13.1. The highest BCUT2D eigenvalue weighted by Gasteiger charge is 2.42. The van der Waals surface area contributed by atoms with E-state index in [9.17, 15) is 0 Å². The molecule has 0 spiro atoms. The van der Waals surface area contributed by atoms with Crippen LogP contribution in [0.5, 0.6) is 0 Å². The average Bonchev–Trinajstić information content (AvgIpc) is 2.38. The predicted octanol–water partition coefficient (Wildman–Crippen LogP) is 5.12. The lowest BCUT2D eigenvalue weighted by molar-refractivity contribution is 0.153. The van der Waals surface area contributed by atoms with Crippen LogP contribution in [0, 0.1) is 0 Å². The van der Waals surface area contributed by atoms with E-state index in [2.05, 4.69) is 0 Å². The van der Waals surface area contributed by atoms with E-state index in [1.807, 2.05) is 0 Å². The van der Waals surface area contributed by atoms with Gasteiger partial charge < -0.3 is 4.65 Å². The first-order chi connectivity index (χ1) is 9.34. The van der Waals surface area contributed by atoms with Crippen LogP contribution in [0.2, 0.25) is 11.6 Å². The third-order valence-corrected chi connectivity index (χ3v) is 6.32. The molecule has 2 heterocycles. The molecule has 3 fully saturated rings. The van der Waals surface area contributed by atoms with E-state index in [4.69, 9.17) is 17.3 Å². The second kappa shape index (κ2) is 6.89. The van der Waals surface area contributed by atoms with E-state index in [-0.39, 0.29) is 0 Å². The van der Waals surface area contributed by atoms with Gasteiger partial charge >= 0.3 is 0 Å². The van der Waals surface area contributed by atoms with Crippen molar-refractivity contribution in [2.24, 2.45) is 0 Å². The van der Waals surface area contributed by atoms with Crippen LogP contribution in [0.3, 0.4) is 0 Å². The molecular formula is C16H29BOS. The fourth-order valence-corrected chi connectivity index (χ4v) is 5.03. The highest BCUT2D eigenvalue weighted by Crippen LogP contribution is 2.47. The lowest BCUT2D eigenvalue weighted by atomic mass is 9.38. The van der Waals surface area contributed by atoms with E-state index in [1.165, 1.54) is 77.0 Å². The molecule has 2 bridgehead atoms. The van der Waals surface area contributed by atoms with Crippen molar-refractivity contribution < 1.29 is 4.65 Å². The number of hydrogen-bond acceptors (Lipinski definition) is 2. The molecule has 3 aliphatic rings. The van der Waals surface area contributed by atoms with Gasteiger partial charge in [-0.25, -0.2) is 0 Å². The van der Waals surface area contributed by atoms with Gasteiger partial charge in [-0.2, -0.15) is 12.6 Å². The monoisotopic (exact) mass is 280 g/mol. The molecule has 1 nitrogen and oxygen atoms in total. The molecule has 2 atom stereocenters. The van der Waals surface area contributed by atoms with Gasteiger partial charge in [-0.05, 0) is 24.5 Å². The van der Waals surface area contributed by atoms with Crippen LogP contribution in [0.25, 0.3) is 0 Å². The van der Waals surface area contributed by atoms with Crippen LogP contribution in [-0.4, -0.2) is 18.3 Å². The highest BCUT2D eigenvalue weighted by molar-refractivity contribution is 7.81. The number of thiol groups is 1. The number of hydrogen-bond donors (Lipinski definition) is 1. The number of rotatable bonds is 2. The quantitative estimate of drug-likeness (QED) is 0.545. The van der Waals surface area contributed by atoms with Gasteiger partial charge in [-0.15, -0.1) is 0 Å². The van der Waals surface area contributed by atoms with Crippen molar-refractivity contribution in [1.82, 2.24) is 0 Å². The topological polar surface area (TPSA) is 9.23 Å². The summed E-state index contributed by atoms with van der Waals surface area (Å²) in [4.78, 5) is 0. The Balaban J connectivity index is 1.61. The second-order valence-electron chi connectivity index (χ2n) is 7.08. The van der Waals surface area contributed by atoms with Crippen molar-refractivity contribution in [3.63, 3.8) is 0 Å². The zero-order valence-electron chi connectivity index (χ0n) is 12.2. The summed E-state index contributed by atoms with van der Waals surface area (Å²) in [5, 5.41) is 0.489. The molecule has 108 valence electrons. The molecule has 0 radical (unpaired) electrons. The minimum absolute atomic E-state index is 0.440. The Morgan fingerprint density at radius 2 is 1.26 bits per heavy atom. The minimum Gasteiger partial charge on any atom is -0.432 e. The van der Waals surface area contributed by atoms with Gasteiger partial charge in [-0.3, -0.25) is 0 Å². The molecule has 2 aliphatic heterocycles. The van der Waals surface area contributed by atoms with Gasteiger partial charge in [-0.1, -0.05) is 64.2 Å². The van der Waals surface area contributed by atoms with Crippen LogP contribution < -0.4 is 0 Å². The van der Waals surface area contributed by atoms with Gasteiger partial charge in [0.25, 0.3) is 6.92 Å². The van der Waals surface area contributed by atoms with Crippen LogP contribution in [0.4, 0.5) is 0 Å². The molecule has 0 aromatic carbocycles. The van der Waals surface area contributed by atoms with E-state index < -0.39 is 0 Å². The van der Waals surface area contributed by atoms with Crippen LogP contribution >= 0.6 is 12.6 Å².